The Morgan fingerprint density at radius 2 is 2.23 bits per heavy atom. The number of pyridine rings is 1. The summed E-state index contributed by atoms with van der Waals surface area (Å²) < 4.78 is 1.67. The summed E-state index contributed by atoms with van der Waals surface area (Å²) in [4.78, 5) is 27.6. The van der Waals surface area contributed by atoms with Crippen LogP contribution < -0.4 is 10.6 Å². The largest absolute Gasteiger partial charge is 0.365 e. The molecule has 0 aliphatic heterocycles. The molecule has 0 aromatic carbocycles. The van der Waals surface area contributed by atoms with E-state index in [1.54, 1.807) is 22.8 Å². The summed E-state index contributed by atoms with van der Waals surface area (Å²) in [5.41, 5.74) is 6.02. The summed E-state index contributed by atoms with van der Waals surface area (Å²) in [7, 11) is 1.80. The number of nitro groups is 1. The first-order valence-electron chi connectivity index (χ1n) is 6.59. The molecule has 0 radical (unpaired) electrons. The number of aryl methyl sites for hydroxylation is 1. The molecule has 0 spiro atoms. The second kappa shape index (κ2) is 6.20. The number of carbonyl (C=O) groups excluding carboxylic acids is 1. The highest BCUT2D eigenvalue weighted by molar-refractivity contribution is 5.98. The van der Waals surface area contributed by atoms with Crippen molar-refractivity contribution in [2.24, 2.45) is 12.8 Å². The molecule has 9 nitrogen and oxygen atoms in total. The van der Waals surface area contributed by atoms with E-state index in [-0.39, 0.29) is 11.3 Å². The van der Waals surface area contributed by atoms with Crippen LogP contribution in [0.3, 0.4) is 0 Å². The first-order chi connectivity index (χ1) is 10.4. The molecule has 0 unspecified atom stereocenters. The summed E-state index contributed by atoms with van der Waals surface area (Å²) in [6.45, 7) is 2.92. The van der Waals surface area contributed by atoms with E-state index in [9.17, 15) is 14.9 Å². The molecule has 0 aliphatic carbocycles. The van der Waals surface area contributed by atoms with Gasteiger partial charge in [0.05, 0.1) is 16.7 Å². The van der Waals surface area contributed by atoms with Crippen molar-refractivity contribution < 1.29 is 9.72 Å². The summed E-state index contributed by atoms with van der Waals surface area (Å²) in [6.07, 6.45) is 4.67. The zero-order valence-corrected chi connectivity index (χ0v) is 12.3. The van der Waals surface area contributed by atoms with Crippen LogP contribution in [-0.2, 0) is 13.6 Å². The molecule has 2 heterocycles. The number of carbonyl (C=O) groups is 1. The lowest BCUT2D eigenvalue weighted by atomic mass is 10.2. The van der Waals surface area contributed by atoms with Gasteiger partial charge in [0, 0.05) is 38.0 Å². The zero-order valence-electron chi connectivity index (χ0n) is 12.3. The van der Waals surface area contributed by atoms with Gasteiger partial charge in [-0.05, 0) is 6.92 Å². The van der Waals surface area contributed by atoms with Crippen LogP contribution in [0.4, 0.5) is 11.5 Å². The van der Waals surface area contributed by atoms with Crippen LogP contribution in [0.2, 0.25) is 0 Å². The summed E-state index contributed by atoms with van der Waals surface area (Å²) in [6, 6.07) is 1.15. The third kappa shape index (κ3) is 3.19. The number of nitrogens with two attached hydrogens (primary N) is 1. The van der Waals surface area contributed by atoms with Gasteiger partial charge >= 0.3 is 0 Å². The summed E-state index contributed by atoms with van der Waals surface area (Å²) in [5.74, 6) is -0.430. The molecule has 0 fully saturated rings. The predicted molar refractivity (Wildman–Crippen MR) is 79.3 cm³/mol. The van der Waals surface area contributed by atoms with E-state index in [2.05, 4.69) is 10.1 Å². The lowest BCUT2D eigenvalue weighted by Gasteiger charge is -2.22. The number of primary amides is 1. The first-order valence-corrected chi connectivity index (χ1v) is 6.59. The topological polar surface area (TPSA) is 120 Å². The van der Waals surface area contributed by atoms with Crippen LogP contribution >= 0.6 is 0 Å². The van der Waals surface area contributed by atoms with Gasteiger partial charge in [-0.1, -0.05) is 0 Å². The highest BCUT2D eigenvalue weighted by Gasteiger charge is 2.20. The van der Waals surface area contributed by atoms with Crippen molar-refractivity contribution in [1.82, 2.24) is 14.8 Å². The number of aromatic nitrogens is 3. The maximum Gasteiger partial charge on any atom is 0.288 e. The third-order valence-electron chi connectivity index (χ3n) is 3.14. The minimum Gasteiger partial charge on any atom is -0.365 e. The second-order valence-electron chi connectivity index (χ2n) is 4.72. The average molecular weight is 304 g/mol. The molecule has 2 aromatic rings. The molecule has 2 aromatic heterocycles. The number of hydrogen-bond acceptors (Lipinski definition) is 6. The van der Waals surface area contributed by atoms with Crippen molar-refractivity contribution in [2.45, 2.75) is 13.5 Å². The number of nitrogens with zero attached hydrogens (tertiary/aromatic N) is 5. The van der Waals surface area contributed by atoms with Gasteiger partial charge in [-0.15, -0.1) is 0 Å². The fourth-order valence-corrected chi connectivity index (χ4v) is 2.09. The van der Waals surface area contributed by atoms with Crippen LogP contribution in [0, 0.1) is 10.1 Å². The molecule has 22 heavy (non-hydrogen) atoms. The predicted octanol–water partition coefficient (Wildman–Crippen LogP) is 0.849. The number of anilines is 1. The van der Waals surface area contributed by atoms with Gasteiger partial charge in [-0.2, -0.15) is 5.10 Å². The van der Waals surface area contributed by atoms with E-state index in [0.29, 0.717) is 18.9 Å². The van der Waals surface area contributed by atoms with Gasteiger partial charge in [0.1, 0.15) is 12.0 Å². The fraction of sp³-hybridized carbons (Fsp3) is 0.308. The van der Waals surface area contributed by atoms with E-state index in [1.807, 2.05) is 13.1 Å². The first kappa shape index (κ1) is 15.4. The van der Waals surface area contributed by atoms with Crippen molar-refractivity contribution >= 4 is 17.4 Å². The van der Waals surface area contributed by atoms with Gasteiger partial charge in [0.25, 0.3) is 11.6 Å². The van der Waals surface area contributed by atoms with Crippen LogP contribution in [0.1, 0.15) is 22.8 Å². The quantitative estimate of drug-likeness (QED) is 0.624. The average Bonchev–Trinajstić information content (AvgIpc) is 2.89. The van der Waals surface area contributed by atoms with E-state index in [0.717, 1.165) is 17.8 Å². The molecule has 0 saturated heterocycles. The SMILES string of the molecule is CCN(Cc1cnn(C)c1)c1ncc([N+](=O)[O-])cc1C(N)=O. The van der Waals surface area contributed by atoms with E-state index in [1.165, 1.54) is 0 Å². The standard InChI is InChI=1S/C13H16N6O3/c1-3-18(8-9-5-16-17(2)7-9)13-11(12(14)20)4-10(6-15-13)19(21)22/h4-7H,3,8H2,1-2H3,(H2,14,20). The Morgan fingerprint density at radius 3 is 2.73 bits per heavy atom. The van der Waals surface area contributed by atoms with Gasteiger partial charge in [0.2, 0.25) is 0 Å². The minimum absolute atomic E-state index is 0.0277. The van der Waals surface area contributed by atoms with Crippen LogP contribution in [0.5, 0.6) is 0 Å². The van der Waals surface area contributed by atoms with Crippen molar-refractivity contribution in [3.63, 3.8) is 0 Å². The Kier molecular flexibility index (Phi) is 4.35. The number of amides is 1. The van der Waals surface area contributed by atoms with E-state index in [4.69, 9.17) is 5.73 Å². The molecule has 2 N–H and O–H groups in total. The number of rotatable bonds is 6. The van der Waals surface area contributed by atoms with Crippen LogP contribution in [0.15, 0.2) is 24.7 Å². The Balaban J connectivity index is 2.39. The Bertz CT molecular complexity index is 712. The van der Waals surface area contributed by atoms with Crippen molar-refractivity contribution in [3.8, 4) is 0 Å². The van der Waals surface area contributed by atoms with E-state index < -0.39 is 10.8 Å². The fourth-order valence-electron chi connectivity index (χ4n) is 2.09. The number of hydrogen-bond donors (Lipinski definition) is 1. The van der Waals surface area contributed by atoms with Gasteiger partial charge < -0.3 is 10.6 Å². The summed E-state index contributed by atoms with van der Waals surface area (Å²) in [5, 5.41) is 14.9. The monoisotopic (exact) mass is 304 g/mol. The Labute approximate surface area is 126 Å². The summed E-state index contributed by atoms with van der Waals surface area (Å²) >= 11 is 0. The minimum atomic E-state index is -0.754. The van der Waals surface area contributed by atoms with E-state index >= 15 is 0 Å². The molecule has 0 aliphatic rings. The lowest BCUT2D eigenvalue weighted by molar-refractivity contribution is -0.385. The molecular formula is C13H16N6O3. The molecule has 116 valence electrons. The third-order valence-corrected chi connectivity index (χ3v) is 3.14. The molecule has 0 saturated carbocycles. The highest BCUT2D eigenvalue weighted by atomic mass is 16.6. The van der Waals surface area contributed by atoms with Crippen LogP contribution in [0.25, 0.3) is 0 Å². The Morgan fingerprint density at radius 1 is 1.50 bits per heavy atom. The molecule has 2 rings (SSSR count). The maximum atomic E-state index is 11.6. The van der Waals surface area contributed by atoms with Gasteiger partial charge in [0.15, 0.2) is 0 Å². The molecule has 0 atom stereocenters. The van der Waals surface area contributed by atoms with Gasteiger partial charge in [-0.3, -0.25) is 19.6 Å². The lowest BCUT2D eigenvalue weighted by Crippen LogP contribution is -2.27. The maximum absolute atomic E-state index is 11.6. The van der Waals surface area contributed by atoms with Crippen molar-refractivity contribution in [2.75, 3.05) is 11.4 Å². The Hall–Kier alpha value is -2.97. The smallest absolute Gasteiger partial charge is 0.288 e. The van der Waals surface area contributed by atoms with Crippen LogP contribution in [-0.4, -0.2) is 32.1 Å². The molecule has 0 bridgehead atoms. The van der Waals surface area contributed by atoms with Gasteiger partial charge in [-0.25, -0.2) is 4.98 Å². The molecule has 9 heteroatoms. The zero-order chi connectivity index (χ0) is 16.3. The van der Waals surface area contributed by atoms with Crippen molar-refractivity contribution in [3.05, 3.63) is 45.9 Å². The molecular weight excluding hydrogens is 288 g/mol. The highest BCUT2D eigenvalue weighted by Crippen LogP contribution is 2.23. The molecule has 1 amide bonds. The normalized spacial score (nSPS) is 10.5. The van der Waals surface area contributed by atoms with Crippen molar-refractivity contribution in [1.29, 1.82) is 0 Å². The second-order valence-corrected chi connectivity index (χ2v) is 4.72.